The van der Waals surface area contributed by atoms with Crippen molar-refractivity contribution < 1.29 is 19.4 Å². The molecule has 0 saturated heterocycles. The molecule has 0 aromatic heterocycles. The van der Waals surface area contributed by atoms with Gasteiger partial charge in [0.2, 0.25) is 5.91 Å². The summed E-state index contributed by atoms with van der Waals surface area (Å²) in [5.74, 6) is -0.307. The highest BCUT2D eigenvalue weighted by Gasteiger charge is 2.23. The summed E-state index contributed by atoms with van der Waals surface area (Å²) in [6.07, 6.45) is 1.03. The summed E-state index contributed by atoms with van der Waals surface area (Å²) in [5, 5.41) is 8.98. The third-order valence-corrected chi connectivity index (χ3v) is 3.91. The van der Waals surface area contributed by atoms with Gasteiger partial charge in [0.25, 0.3) is 0 Å². The van der Waals surface area contributed by atoms with Gasteiger partial charge in [-0.3, -0.25) is 9.59 Å². The monoisotopic (exact) mass is 307 g/mol. The van der Waals surface area contributed by atoms with E-state index in [1.54, 1.807) is 7.11 Å². The first-order chi connectivity index (χ1) is 10.4. The molecule has 2 unspecified atom stereocenters. The molecular weight excluding hydrogens is 282 g/mol. The molecule has 0 heterocycles. The van der Waals surface area contributed by atoms with Crippen LogP contribution in [0.5, 0.6) is 5.75 Å². The number of benzene rings is 1. The van der Waals surface area contributed by atoms with Gasteiger partial charge in [0.15, 0.2) is 0 Å². The second-order valence-electron chi connectivity index (χ2n) is 5.55. The first-order valence-corrected chi connectivity index (χ1v) is 7.54. The first kappa shape index (κ1) is 18.0. The molecule has 5 nitrogen and oxygen atoms in total. The highest BCUT2D eigenvalue weighted by atomic mass is 16.5. The van der Waals surface area contributed by atoms with E-state index in [-0.39, 0.29) is 24.4 Å². The van der Waals surface area contributed by atoms with Gasteiger partial charge >= 0.3 is 5.97 Å². The Labute approximate surface area is 131 Å². The molecular formula is C17H25NO4. The Bertz CT molecular complexity index is 498. The Balaban J connectivity index is 2.76. The van der Waals surface area contributed by atoms with E-state index in [2.05, 4.69) is 0 Å². The van der Waals surface area contributed by atoms with Crippen LogP contribution in [0, 0.1) is 0 Å². The number of amides is 1. The van der Waals surface area contributed by atoms with E-state index in [1.165, 1.54) is 4.90 Å². The lowest BCUT2D eigenvalue weighted by molar-refractivity contribution is -0.146. The van der Waals surface area contributed by atoms with Gasteiger partial charge < -0.3 is 14.7 Å². The van der Waals surface area contributed by atoms with E-state index in [0.717, 1.165) is 17.7 Å². The van der Waals surface area contributed by atoms with Crippen molar-refractivity contribution in [2.24, 2.45) is 0 Å². The maximum Gasteiger partial charge on any atom is 0.323 e. The molecule has 0 radical (unpaired) electrons. The van der Waals surface area contributed by atoms with Crippen molar-refractivity contribution in [1.82, 2.24) is 4.90 Å². The average Bonchev–Trinajstić information content (AvgIpc) is 2.51. The minimum atomic E-state index is -0.981. The van der Waals surface area contributed by atoms with E-state index in [9.17, 15) is 9.59 Å². The molecule has 1 rings (SSSR count). The molecule has 0 spiro atoms. The zero-order valence-electron chi connectivity index (χ0n) is 13.7. The van der Waals surface area contributed by atoms with Crippen LogP contribution in [0.15, 0.2) is 24.3 Å². The molecule has 0 aliphatic carbocycles. The van der Waals surface area contributed by atoms with Gasteiger partial charge in [0, 0.05) is 12.5 Å². The Hall–Kier alpha value is -2.04. The van der Waals surface area contributed by atoms with Crippen molar-refractivity contribution in [1.29, 1.82) is 0 Å². The van der Waals surface area contributed by atoms with E-state index < -0.39 is 5.97 Å². The fraction of sp³-hybridized carbons (Fsp3) is 0.529. The summed E-state index contributed by atoms with van der Waals surface area (Å²) in [4.78, 5) is 24.8. The van der Waals surface area contributed by atoms with Crippen LogP contribution < -0.4 is 4.74 Å². The summed E-state index contributed by atoms with van der Waals surface area (Å²) < 4.78 is 5.12. The van der Waals surface area contributed by atoms with Crippen molar-refractivity contribution >= 4 is 11.9 Å². The topological polar surface area (TPSA) is 66.8 Å². The molecule has 1 N–H and O–H groups in total. The molecule has 0 aliphatic heterocycles. The van der Waals surface area contributed by atoms with Crippen molar-refractivity contribution in [2.75, 3.05) is 13.7 Å². The van der Waals surface area contributed by atoms with Crippen LogP contribution >= 0.6 is 0 Å². The van der Waals surface area contributed by atoms with Gasteiger partial charge in [-0.1, -0.05) is 26.0 Å². The standard InChI is InChI=1S/C17H25NO4/c1-5-13(3)18(11-17(20)21)16(19)10-12(2)14-6-8-15(22-4)9-7-14/h6-9,12-13H,5,10-11H2,1-4H3,(H,20,21). The highest BCUT2D eigenvalue weighted by Crippen LogP contribution is 2.23. The van der Waals surface area contributed by atoms with Crippen molar-refractivity contribution in [2.45, 2.75) is 45.6 Å². The number of aliphatic carboxylic acids is 1. The molecule has 0 bridgehead atoms. The summed E-state index contributed by atoms with van der Waals surface area (Å²) >= 11 is 0. The molecule has 0 aliphatic rings. The lowest BCUT2D eigenvalue weighted by Crippen LogP contribution is -2.42. The SMILES string of the molecule is CCC(C)N(CC(=O)O)C(=O)CC(C)c1ccc(OC)cc1. The minimum Gasteiger partial charge on any atom is -0.497 e. The van der Waals surface area contributed by atoms with Crippen molar-refractivity contribution in [3.8, 4) is 5.75 Å². The zero-order chi connectivity index (χ0) is 16.7. The average molecular weight is 307 g/mol. The number of hydrogen-bond acceptors (Lipinski definition) is 3. The van der Waals surface area contributed by atoms with E-state index >= 15 is 0 Å². The van der Waals surface area contributed by atoms with Crippen LogP contribution in [0.4, 0.5) is 0 Å². The number of carboxylic acids is 1. The number of carbonyl (C=O) groups excluding carboxylic acids is 1. The number of methoxy groups -OCH3 is 1. The largest absolute Gasteiger partial charge is 0.497 e. The van der Waals surface area contributed by atoms with Crippen molar-refractivity contribution in [3.05, 3.63) is 29.8 Å². The molecule has 122 valence electrons. The van der Waals surface area contributed by atoms with Crippen LogP contribution in [-0.2, 0) is 9.59 Å². The number of carboxylic acid groups (broad SMARTS) is 1. The van der Waals surface area contributed by atoms with Crippen molar-refractivity contribution in [3.63, 3.8) is 0 Å². The lowest BCUT2D eigenvalue weighted by Gasteiger charge is -2.28. The number of hydrogen-bond donors (Lipinski definition) is 1. The van der Waals surface area contributed by atoms with Gasteiger partial charge in [0.1, 0.15) is 12.3 Å². The van der Waals surface area contributed by atoms with E-state index in [4.69, 9.17) is 9.84 Å². The predicted octanol–water partition coefficient (Wildman–Crippen LogP) is 2.90. The van der Waals surface area contributed by atoms with Gasteiger partial charge in [0.05, 0.1) is 7.11 Å². The second kappa shape index (κ2) is 8.41. The van der Waals surface area contributed by atoms with E-state index in [0.29, 0.717) is 6.42 Å². The molecule has 22 heavy (non-hydrogen) atoms. The summed E-state index contributed by atoms with van der Waals surface area (Å²) in [5.41, 5.74) is 1.04. The predicted molar refractivity (Wildman–Crippen MR) is 85.1 cm³/mol. The summed E-state index contributed by atoms with van der Waals surface area (Å²) in [6.45, 7) is 5.54. The summed E-state index contributed by atoms with van der Waals surface area (Å²) in [6, 6.07) is 7.51. The smallest absolute Gasteiger partial charge is 0.323 e. The van der Waals surface area contributed by atoms with Gasteiger partial charge in [-0.2, -0.15) is 0 Å². The maximum atomic E-state index is 12.4. The minimum absolute atomic E-state index is 0.0266. The molecule has 2 atom stereocenters. The van der Waals surface area contributed by atoms with Crippen LogP contribution in [0.25, 0.3) is 0 Å². The van der Waals surface area contributed by atoms with Gasteiger partial charge in [-0.25, -0.2) is 0 Å². The Morgan fingerprint density at radius 2 is 1.82 bits per heavy atom. The molecule has 1 aromatic carbocycles. The Kier molecular flexibility index (Phi) is 6.89. The Morgan fingerprint density at radius 1 is 1.23 bits per heavy atom. The fourth-order valence-corrected chi connectivity index (χ4v) is 2.29. The van der Waals surface area contributed by atoms with Crippen LogP contribution in [-0.4, -0.2) is 41.6 Å². The van der Waals surface area contributed by atoms with Crippen LogP contribution in [0.2, 0.25) is 0 Å². The Morgan fingerprint density at radius 3 is 2.27 bits per heavy atom. The third-order valence-electron chi connectivity index (χ3n) is 3.91. The third kappa shape index (κ3) is 5.06. The maximum absolute atomic E-state index is 12.4. The molecule has 5 heteroatoms. The van der Waals surface area contributed by atoms with E-state index in [1.807, 2.05) is 45.0 Å². The zero-order valence-corrected chi connectivity index (χ0v) is 13.7. The molecule has 0 fully saturated rings. The lowest BCUT2D eigenvalue weighted by atomic mass is 9.96. The normalized spacial score (nSPS) is 13.3. The quantitative estimate of drug-likeness (QED) is 0.802. The molecule has 1 amide bonds. The number of rotatable bonds is 8. The van der Waals surface area contributed by atoms with Gasteiger partial charge in [-0.15, -0.1) is 0 Å². The number of ether oxygens (including phenoxy) is 1. The second-order valence-corrected chi connectivity index (χ2v) is 5.55. The molecule has 0 saturated carbocycles. The fourth-order valence-electron chi connectivity index (χ4n) is 2.29. The first-order valence-electron chi connectivity index (χ1n) is 7.54. The van der Waals surface area contributed by atoms with Gasteiger partial charge in [-0.05, 0) is 37.0 Å². The summed E-state index contributed by atoms with van der Waals surface area (Å²) in [7, 11) is 1.61. The van der Waals surface area contributed by atoms with Crippen LogP contribution in [0.3, 0.4) is 0 Å². The highest BCUT2D eigenvalue weighted by molar-refractivity contribution is 5.82. The number of nitrogens with zero attached hydrogens (tertiary/aromatic N) is 1. The number of carbonyl (C=O) groups is 2. The van der Waals surface area contributed by atoms with Crippen LogP contribution in [0.1, 0.15) is 45.1 Å². The molecule has 1 aromatic rings.